The number of amides is 1. The third-order valence-corrected chi connectivity index (χ3v) is 5.80. The Morgan fingerprint density at radius 1 is 1.41 bits per heavy atom. The Kier molecular flexibility index (Phi) is 5.10. The molecule has 0 saturated carbocycles. The van der Waals surface area contributed by atoms with Gasteiger partial charge in [-0.1, -0.05) is 42.1 Å². The van der Waals surface area contributed by atoms with Crippen LogP contribution < -0.4 is 0 Å². The maximum atomic E-state index is 12.6. The van der Waals surface area contributed by atoms with Crippen molar-refractivity contribution in [1.82, 2.24) is 14.5 Å². The third kappa shape index (κ3) is 3.50. The lowest BCUT2D eigenvalue weighted by atomic mass is 10.1. The van der Waals surface area contributed by atoms with Gasteiger partial charge in [-0.3, -0.25) is 4.79 Å². The average Bonchev–Trinajstić information content (AvgIpc) is 2.98. The smallest absolute Gasteiger partial charge is 0.233 e. The molecule has 0 spiro atoms. The van der Waals surface area contributed by atoms with E-state index in [4.69, 9.17) is 0 Å². The Balaban J connectivity index is 1.68. The van der Waals surface area contributed by atoms with Crippen LogP contribution in [0.1, 0.15) is 11.6 Å². The van der Waals surface area contributed by atoms with Crippen LogP contribution in [0.2, 0.25) is 0 Å². The summed E-state index contributed by atoms with van der Waals surface area (Å²) in [7, 11) is 1.95. The molecule has 1 aromatic carbocycles. The van der Waals surface area contributed by atoms with E-state index in [0.717, 1.165) is 23.2 Å². The monoisotopic (exact) mass is 333 g/mol. The predicted molar refractivity (Wildman–Crippen MR) is 92.2 cm³/mol. The first kappa shape index (κ1) is 15.5. The summed E-state index contributed by atoms with van der Waals surface area (Å²) in [5, 5.41) is 0.885. The minimum Gasteiger partial charge on any atom is -0.333 e. The molecular formula is C16H19N3OS2. The fourth-order valence-electron chi connectivity index (χ4n) is 2.55. The molecule has 1 fully saturated rings. The van der Waals surface area contributed by atoms with Crippen molar-refractivity contribution in [3.05, 3.63) is 48.3 Å². The first-order valence-electron chi connectivity index (χ1n) is 7.28. The predicted octanol–water partition coefficient (Wildman–Crippen LogP) is 2.83. The second-order valence-corrected chi connectivity index (χ2v) is 7.29. The van der Waals surface area contributed by atoms with Crippen LogP contribution in [-0.4, -0.2) is 44.2 Å². The summed E-state index contributed by atoms with van der Waals surface area (Å²) in [6.07, 6.45) is 3.66. The molecule has 1 aliphatic heterocycles. The number of hydrogen-bond acceptors (Lipinski definition) is 4. The molecule has 2 heterocycles. The summed E-state index contributed by atoms with van der Waals surface area (Å²) >= 11 is 3.43. The summed E-state index contributed by atoms with van der Waals surface area (Å²) < 4.78 is 1.94. The van der Waals surface area contributed by atoms with Crippen molar-refractivity contribution >= 4 is 29.4 Å². The molecular weight excluding hydrogens is 314 g/mol. The van der Waals surface area contributed by atoms with Crippen molar-refractivity contribution in [3.8, 4) is 0 Å². The number of aromatic nitrogens is 2. The van der Waals surface area contributed by atoms with E-state index in [1.165, 1.54) is 17.3 Å². The quantitative estimate of drug-likeness (QED) is 0.807. The lowest BCUT2D eigenvalue weighted by molar-refractivity contribution is -0.130. The van der Waals surface area contributed by atoms with Gasteiger partial charge in [0.1, 0.15) is 0 Å². The molecule has 116 valence electrons. The molecule has 1 saturated heterocycles. The summed E-state index contributed by atoms with van der Waals surface area (Å²) in [6, 6.07) is 10.5. The highest BCUT2D eigenvalue weighted by Gasteiger charge is 2.28. The van der Waals surface area contributed by atoms with Crippen LogP contribution in [0.25, 0.3) is 0 Å². The third-order valence-electron chi connectivity index (χ3n) is 3.73. The van der Waals surface area contributed by atoms with Crippen molar-refractivity contribution < 1.29 is 4.79 Å². The van der Waals surface area contributed by atoms with E-state index in [1.807, 2.05) is 52.7 Å². The Bertz CT molecular complexity index is 629. The van der Waals surface area contributed by atoms with E-state index in [9.17, 15) is 4.79 Å². The topological polar surface area (TPSA) is 38.1 Å². The molecule has 1 aliphatic rings. The Morgan fingerprint density at radius 2 is 2.23 bits per heavy atom. The van der Waals surface area contributed by atoms with Crippen molar-refractivity contribution in [2.24, 2.45) is 7.05 Å². The summed E-state index contributed by atoms with van der Waals surface area (Å²) in [5.74, 6) is 2.63. The van der Waals surface area contributed by atoms with Crippen LogP contribution in [0.4, 0.5) is 0 Å². The maximum absolute atomic E-state index is 12.6. The highest BCUT2D eigenvalue weighted by Crippen LogP contribution is 2.30. The highest BCUT2D eigenvalue weighted by atomic mass is 32.2. The Morgan fingerprint density at radius 3 is 2.95 bits per heavy atom. The zero-order chi connectivity index (χ0) is 15.4. The molecule has 4 nitrogen and oxygen atoms in total. The van der Waals surface area contributed by atoms with Gasteiger partial charge in [-0.25, -0.2) is 4.98 Å². The van der Waals surface area contributed by atoms with Crippen LogP contribution in [0.5, 0.6) is 0 Å². The number of carbonyl (C=O) groups is 1. The highest BCUT2D eigenvalue weighted by molar-refractivity contribution is 8.00. The lowest BCUT2D eigenvalue weighted by Crippen LogP contribution is -2.41. The molecule has 1 atom stereocenters. The van der Waals surface area contributed by atoms with E-state index in [0.29, 0.717) is 5.75 Å². The van der Waals surface area contributed by atoms with Gasteiger partial charge < -0.3 is 9.47 Å². The number of benzene rings is 1. The minimum absolute atomic E-state index is 0.189. The molecule has 0 N–H and O–H groups in total. The van der Waals surface area contributed by atoms with Gasteiger partial charge in [0.15, 0.2) is 5.16 Å². The van der Waals surface area contributed by atoms with Gasteiger partial charge in [-0.05, 0) is 5.56 Å². The van der Waals surface area contributed by atoms with Gasteiger partial charge in [-0.15, -0.1) is 0 Å². The second-order valence-electron chi connectivity index (χ2n) is 5.20. The number of nitrogens with zero attached hydrogens (tertiary/aromatic N) is 3. The molecule has 2 aromatic rings. The van der Waals surface area contributed by atoms with Gasteiger partial charge in [0.2, 0.25) is 5.91 Å². The molecule has 1 aromatic heterocycles. The number of aryl methyl sites for hydroxylation is 1. The number of rotatable bonds is 4. The van der Waals surface area contributed by atoms with Crippen molar-refractivity contribution in [2.75, 3.05) is 23.8 Å². The van der Waals surface area contributed by atoms with Crippen molar-refractivity contribution in [1.29, 1.82) is 0 Å². The van der Waals surface area contributed by atoms with Crippen LogP contribution in [0, 0.1) is 0 Å². The number of carbonyl (C=O) groups excluding carboxylic acids is 1. The van der Waals surface area contributed by atoms with Crippen LogP contribution >= 0.6 is 23.5 Å². The molecule has 0 aliphatic carbocycles. The first-order chi connectivity index (χ1) is 10.8. The molecule has 6 heteroatoms. The normalized spacial score (nSPS) is 18.4. The van der Waals surface area contributed by atoms with Gasteiger partial charge in [0.25, 0.3) is 0 Å². The molecule has 1 amide bonds. The van der Waals surface area contributed by atoms with Crippen LogP contribution in [0.3, 0.4) is 0 Å². The summed E-state index contributed by atoms with van der Waals surface area (Å²) in [4.78, 5) is 18.9. The summed E-state index contributed by atoms with van der Waals surface area (Å²) in [5.41, 5.74) is 1.23. The number of imidazole rings is 1. The SMILES string of the molecule is Cn1ccnc1SCC(=O)N1CCSCC1c1ccccc1. The van der Waals surface area contributed by atoms with E-state index in [1.54, 1.807) is 6.20 Å². The van der Waals surface area contributed by atoms with Crippen LogP contribution in [0.15, 0.2) is 47.9 Å². The fourth-order valence-corrected chi connectivity index (χ4v) is 4.46. The first-order valence-corrected chi connectivity index (χ1v) is 9.42. The van der Waals surface area contributed by atoms with E-state index < -0.39 is 0 Å². The fraction of sp³-hybridized carbons (Fsp3) is 0.375. The molecule has 22 heavy (non-hydrogen) atoms. The van der Waals surface area contributed by atoms with Crippen LogP contribution in [-0.2, 0) is 11.8 Å². The molecule has 1 unspecified atom stereocenters. The minimum atomic E-state index is 0.189. The van der Waals surface area contributed by atoms with E-state index >= 15 is 0 Å². The van der Waals surface area contributed by atoms with E-state index in [-0.39, 0.29) is 11.9 Å². The lowest BCUT2D eigenvalue weighted by Gasteiger charge is -2.35. The Hall–Kier alpha value is -1.40. The zero-order valence-corrected chi connectivity index (χ0v) is 14.1. The zero-order valence-electron chi connectivity index (χ0n) is 12.5. The molecule has 3 rings (SSSR count). The second kappa shape index (κ2) is 7.24. The van der Waals surface area contributed by atoms with Gasteiger partial charge >= 0.3 is 0 Å². The Labute approximate surface area is 139 Å². The van der Waals surface area contributed by atoms with Gasteiger partial charge in [0, 0.05) is 37.5 Å². The molecule has 0 radical (unpaired) electrons. The van der Waals surface area contributed by atoms with Gasteiger partial charge in [0.05, 0.1) is 11.8 Å². The average molecular weight is 333 g/mol. The number of thioether (sulfide) groups is 2. The molecule has 0 bridgehead atoms. The summed E-state index contributed by atoms with van der Waals surface area (Å²) in [6.45, 7) is 0.824. The van der Waals surface area contributed by atoms with Crippen molar-refractivity contribution in [3.63, 3.8) is 0 Å². The largest absolute Gasteiger partial charge is 0.333 e. The number of hydrogen-bond donors (Lipinski definition) is 0. The van der Waals surface area contributed by atoms with E-state index in [2.05, 4.69) is 17.1 Å². The van der Waals surface area contributed by atoms with Crippen molar-refractivity contribution in [2.45, 2.75) is 11.2 Å². The maximum Gasteiger partial charge on any atom is 0.233 e. The van der Waals surface area contributed by atoms with Gasteiger partial charge in [-0.2, -0.15) is 11.8 Å². The standard InChI is InChI=1S/C16H19N3OS2/c1-18-8-7-17-16(18)22-12-15(20)19-9-10-21-11-14(19)13-5-3-2-4-6-13/h2-8,14H,9-12H2,1H3.